The van der Waals surface area contributed by atoms with Gasteiger partial charge in [0.25, 0.3) is 0 Å². The second-order valence-corrected chi connectivity index (χ2v) is 34.4. The fourth-order valence-electron chi connectivity index (χ4n) is 18.5. The molecule has 1 heterocycles. The number of halogens is 3. The second kappa shape index (κ2) is 30.8. The molecule has 15 aromatic carbocycles. The van der Waals surface area contributed by atoms with E-state index in [9.17, 15) is 0 Å². The van der Waals surface area contributed by atoms with Gasteiger partial charge < -0.3 is 23.9 Å². The zero-order valence-electron chi connectivity index (χ0n) is 64.8. The number of benzene rings is 15. The van der Waals surface area contributed by atoms with Gasteiger partial charge in [0.15, 0.2) is 0 Å². The van der Waals surface area contributed by atoms with Crippen LogP contribution in [0.2, 0.25) is 0 Å². The first-order valence-electron chi connectivity index (χ1n) is 39.0. The summed E-state index contributed by atoms with van der Waals surface area (Å²) >= 11 is 11.2. The average molecular weight is 1700 g/mol. The highest BCUT2D eigenvalue weighted by Gasteiger charge is 2.55. The molecule has 1 N–H and O–H groups in total. The molecule has 2 spiro atoms. The molecule has 10 heteroatoms. The van der Waals surface area contributed by atoms with Crippen LogP contribution in [0.1, 0.15) is 116 Å². The molecule has 1 radical (unpaired) electrons. The van der Waals surface area contributed by atoms with Crippen LogP contribution in [0.15, 0.2) is 366 Å². The number of nitrogens with zero attached hydrogens (tertiary/aromatic N) is 1. The Labute approximate surface area is 708 Å². The molecule has 116 heavy (non-hydrogen) atoms. The molecule has 1 atom stereocenters. The summed E-state index contributed by atoms with van der Waals surface area (Å²) < 4.78 is 20.8. The van der Waals surface area contributed by atoms with E-state index >= 15 is 0 Å². The maximum absolute atomic E-state index is 8.31. The number of hydrogen-bond donors (Lipinski definition) is 1. The Hall–Kier alpha value is -11.2. The van der Waals surface area contributed by atoms with E-state index in [-0.39, 0.29) is 34.9 Å². The third-order valence-electron chi connectivity index (χ3n) is 24.5. The van der Waals surface area contributed by atoms with Crippen LogP contribution in [0.5, 0.6) is 5.75 Å². The van der Waals surface area contributed by atoms with Crippen molar-refractivity contribution in [3.05, 3.63) is 433 Å². The summed E-state index contributed by atoms with van der Waals surface area (Å²) in [5.41, 5.74) is 36.8. The smallest absolute Gasteiger partial charge is 0.537 e. The highest BCUT2D eigenvalue weighted by molar-refractivity contribution is 9.11. The summed E-state index contributed by atoms with van der Waals surface area (Å²) in [6.07, 6.45) is 3.62. The van der Waals surface area contributed by atoms with E-state index in [0.717, 1.165) is 47.1 Å². The molecule has 1 saturated heterocycles. The Morgan fingerprint density at radius 1 is 0.328 bits per heavy atom. The van der Waals surface area contributed by atoms with Crippen molar-refractivity contribution in [3.8, 4) is 83.6 Å². The van der Waals surface area contributed by atoms with E-state index in [0.29, 0.717) is 13.4 Å². The van der Waals surface area contributed by atoms with Gasteiger partial charge in [-0.2, -0.15) is 0 Å². The first-order valence-corrected chi connectivity index (χ1v) is 41.4. The molecular formula is C106H85B2Br3NO4. The average Bonchev–Trinajstić information content (AvgIpc) is 1.51. The van der Waals surface area contributed by atoms with Crippen LogP contribution < -0.4 is 15.0 Å². The van der Waals surface area contributed by atoms with Crippen LogP contribution in [-0.4, -0.2) is 31.0 Å². The Bertz CT molecular complexity index is 6220. The standard InChI is InChI=1S/C39H38BNO2.C33H21Br.C25H14Br2.C8H8BO2.CH4/c1-37(2)35-15-11-10-14-33(35)34-25-24-32(26-36(34)37)41(30-20-16-28(17-21-30)27-12-8-7-9-13-27)31-22-18-29(19-23-31)40-42-38(3,4)39(5,6)43-40;1-2-21-8-7-9-22(18-21)23-14-16-27-25-10-3-5-12-29(25)33(31(27)19-23)30-13-6-4-11-26(30)28-17-15-24(34)20-32(28)33;26-15-9-11-19-17-5-1-3-7-21(17)25(23(19)13-15)22-8-4-2-6-18(22)20-12-10-16(27)14-24(20)25;1-2-7-4-3-5-8(6-7)11-9-10;/h7-26H,1-6H3;2-20H,1H2;1-14H;2-6,10H,1H2;1H4. The predicted molar refractivity (Wildman–Crippen MR) is 496 cm³/mol. The maximum Gasteiger partial charge on any atom is 0.569 e. The molecule has 1 aliphatic heterocycles. The van der Waals surface area contributed by atoms with Crippen molar-refractivity contribution in [1.29, 1.82) is 0 Å². The van der Waals surface area contributed by atoms with E-state index < -0.39 is 7.12 Å². The zero-order valence-corrected chi connectivity index (χ0v) is 69.6. The van der Waals surface area contributed by atoms with E-state index in [1.807, 2.05) is 18.2 Å². The normalized spacial score (nSPS) is 15.6. The lowest BCUT2D eigenvalue weighted by atomic mass is 9.70. The lowest BCUT2D eigenvalue weighted by Gasteiger charge is -2.32. The summed E-state index contributed by atoms with van der Waals surface area (Å²) in [6, 6.07) is 122. The van der Waals surface area contributed by atoms with Gasteiger partial charge in [-0.15, -0.1) is 0 Å². The van der Waals surface area contributed by atoms with Crippen LogP contribution in [-0.2, 0) is 25.6 Å². The highest BCUT2D eigenvalue weighted by atomic mass is 79.9. The first kappa shape index (κ1) is 77.4. The number of rotatable bonds is 10. The third kappa shape index (κ3) is 13.0. The predicted octanol–water partition coefficient (Wildman–Crippen LogP) is 28.0. The summed E-state index contributed by atoms with van der Waals surface area (Å²) in [6.45, 7) is 20.6. The molecule has 565 valence electrons. The van der Waals surface area contributed by atoms with E-state index in [4.69, 9.17) is 19.0 Å². The van der Waals surface area contributed by atoms with E-state index in [1.165, 1.54) is 134 Å². The van der Waals surface area contributed by atoms with Crippen LogP contribution in [0.4, 0.5) is 17.1 Å². The van der Waals surface area contributed by atoms with Gasteiger partial charge in [0.2, 0.25) is 0 Å². The Kier molecular flexibility index (Phi) is 20.5. The quantitative estimate of drug-likeness (QED) is 0.138. The van der Waals surface area contributed by atoms with Crippen molar-refractivity contribution >= 4 is 97.3 Å². The van der Waals surface area contributed by atoms with Crippen molar-refractivity contribution in [2.45, 2.75) is 76.4 Å². The van der Waals surface area contributed by atoms with E-state index in [2.05, 4.69) is 423 Å². The zero-order chi connectivity index (χ0) is 79.1. The molecule has 5 aliphatic carbocycles. The van der Waals surface area contributed by atoms with Gasteiger partial charge in [-0.3, -0.25) is 0 Å². The Morgan fingerprint density at radius 2 is 0.672 bits per heavy atom. The minimum absolute atomic E-state index is 0. The molecule has 0 amide bonds. The first-order chi connectivity index (χ1) is 55.8. The van der Waals surface area contributed by atoms with Crippen molar-refractivity contribution in [2.24, 2.45) is 0 Å². The second-order valence-electron chi connectivity index (χ2n) is 31.7. The molecule has 0 saturated carbocycles. The summed E-state index contributed by atoms with van der Waals surface area (Å²) in [5.74, 6) is 0.602. The topological polar surface area (TPSA) is 51.2 Å². The number of anilines is 3. The van der Waals surface area contributed by atoms with Gasteiger partial charge >= 0.3 is 14.8 Å². The molecule has 5 nitrogen and oxygen atoms in total. The van der Waals surface area contributed by atoms with Gasteiger partial charge in [0.05, 0.1) is 22.0 Å². The largest absolute Gasteiger partial charge is 0.569 e. The summed E-state index contributed by atoms with van der Waals surface area (Å²) in [4.78, 5) is 2.35. The molecule has 1 fully saturated rings. The van der Waals surface area contributed by atoms with Gasteiger partial charge in [0.1, 0.15) is 5.75 Å². The van der Waals surface area contributed by atoms with E-state index in [1.54, 1.807) is 18.2 Å². The van der Waals surface area contributed by atoms with Gasteiger partial charge in [-0.1, -0.05) is 337 Å². The molecule has 0 bridgehead atoms. The van der Waals surface area contributed by atoms with Gasteiger partial charge in [0, 0.05) is 35.9 Å². The minimum Gasteiger partial charge on any atom is -0.537 e. The van der Waals surface area contributed by atoms with Crippen molar-refractivity contribution in [3.63, 3.8) is 0 Å². The van der Waals surface area contributed by atoms with Crippen LogP contribution >= 0.6 is 47.8 Å². The lowest BCUT2D eigenvalue weighted by Crippen LogP contribution is -2.41. The SMILES string of the molecule is Brc1ccc2c(c1)C1(c3ccccc3-2)c2ccccc2-c2ccc(Br)cc21.C.C=Cc1cccc(-c2ccc3c(c2)C2(c4ccccc4-c4ccc(Br)cc42)c2ccccc2-3)c1.C=Cc1cccc(O[B]O)c1.CC1(C)c2ccccc2-c2ccc(N(c3ccc(B4OC(C)(C)C(C)(C)O4)cc3)c3ccc(-c4ccccc4)cc3)cc21. The maximum atomic E-state index is 8.31. The monoisotopic (exact) mass is 1690 g/mol. The molecular weight excluding hydrogens is 1610 g/mol. The Morgan fingerprint density at radius 3 is 1.15 bits per heavy atom. The van der Waals surface area contributed by atoms with Gasteiger partial charge in [-0.25, -0.2) is 0 Å². The molecule has 0 aromatic heterocycles. The third-order valence-corrected chi connectivity index (χ3v) is 26.0. The minimum atomic E-state index is -0.392. The molecule has 1 unspecified atom stereocenters. The molecule has 15 aromatic rings. The Balaban J connectivity index is 0.000000119. The highest BCUT2D eigenvalue weighted by Crippen LogP contribution is 2.65. The number of hydrogen-bond acceptors (Lipinski definition) is 5. The van der Waals surface area contributed by atoms with Crippen LogP contribution in [0.25, 0.3) is 90.0 Å². The summed E-state index contributed by atoms with van der Waals surface area (Å²) in [5, 5.41) is 8.31. The number of fused-ring (bicyclic) bond motifs is 23. The fourth-order valence-corrected chi connectivity index (χ4v) is 19.6. The van der Waals surface area contributed by atoms with Crippen molar-refractivity contribution in [1.82, 2.24) is 0 Å². The lowest BCUT2D eigenvalue weighted by molar-refractivity contribution is 0.00578. The van der Waals surface area contributed by atoms with Crippen LogP contribution in [0, 0.1) is 0 Å². The van der Waals surface area contributed by atoms with Crippen LogP contribution in [0.3, 0.4) is 0 Å². The van der Waals surface area contributed by atoms with Crippen molar-refractivity contribution < 1.29 is 19.0 Å². The summed E-state index contributed by atoms with van der Waals surface area (Å²) in [7, 11) is 0.263. The van der Waals surface area contributed by atoms with Gasteiger partial charge in [-0.05, 0) is 275 Å². The molecule has 6 aliphatic rings. The molecule has 21 rings (SSSR count). The van der Waals surface area contributed by atoms with Crippen molar-refractivity contribution in [2.75, 3.05) is 4.90 Å². The fraction of sp³-hybridized carbons (Fsp3) is 0.113.